The van der Waals surface area contributed by atoms with Crippen LogP contribution in [0.1, 0.15) is 53.5 Å². The monoisotopic (exact) mass is 426 g/mol. The van der Waals surface area contributed by atoms with Crippen molar-refractivity contribution in [2.45, 2.75) is 38.1 Å². The summed E-state index contributed by atoms with van der Waals surface area (Å²) in [4.78, 5) is 26.4. The third-order valence-electron chi connectivity index (χ3n) is 5.83. The lowest BCUT2D eigenvalue weighted by Crippen LogP contribution is -2.35. The Balaban J connectivity index is 1.41. The second-order valence-corrected chi connectivity index (χ2v) is 9.22. The molecule has 0 saturated carbocycles. The van der Waals surface area contributed by atoms with Gasteiger partial charge in [0, 0.05) is 25.8 Å². The number of likely N-dealkylation sites (tertiary alicyclic amines) is 1. The van der Waals surface area contributed by atoms with Gasteiger partial charge in [0.15, 0.2) is 0 Å². The molecule has 7 heteroatoms. The van der Waals surface area contributed by atoms with Crippen LogP contribution in [0.15, 0.2) is 36.5 Å². The Kier molecular flexibility index (Phi) is 5.14. The molecular weight excluding hydrogens is 404 g/mol. The zero-order valence-corrected chi connectivity index (χ0v) is 17.8. The van der Waals surface area contributed by atoms with Gasteiger partial charge in [0.25, 0.3) is 5.91 Å². The van der Waals surface area contributed by atoms with Crippen LogP contribution in [-0.4, -0.2) is 40.4 Å². The number of piperidine rings is 1. The van der Waals surface area contributed by atoms with Gasteiger partial charge in [0.2, 0.25) is 0 Å². The number of pyridine rings is 1. The highest BCUT2D eigenvalue weighted by molar-refractivity contribution is 7.18. The lowest BCUT2D eigenvalue weighted by atomic mass is 10.1. The van der Waals surface area contributed by atoms with Crippen LogP contribution in [-0.2, 0) is 0 Å². The van der Waals surface area contributed by atoms with E-state index in [1.54, 1.807) is 23.6 Å². The highest BCUT2D eigenvalue weighted by atomic mass is 35.5. The highest BCUT2D eigenvalue weighted by Crippen LogP contribution is 2.40. The van der Waals surface area contributed by atoms with Crippen LogP contribution in [0.3, 0.4) is 0 Å². The first-order valence-corrected chi connectivity index (χ1v) is 11.5. The van der Waals surface area contributed by atoms with Crippen molar-refractivity contribution in [2.24, 2.45) is 0 Å². The minimum atomic E-state index is 0.0368. The molecule has 0 bridgehead atoms. The number of nitrogens with zero attached hydrogens (tertiary/aromatic N) is 4. The molecule has 1 atom stereocenters. The molecule has 2 aromatic heterocycles. The summed E-state index contributed by atoms with van der Waals surface area (Å²) in [7, 11) is 0. The topological polar surface area (TPSA) is 49.3 Å². The Morgan fingerprint density at radius 2 is 1.93 bits per heavy atom. The Labute approximate surface area is 179 Å². The average molecular weight is 427 g/mol. The van der Waals surface area contributed by atoms with Crippen molar-refractivity contribution in [1.29, 1.82) is 0 Å². The first-order valence-electron chi connectivity index (χ1n) is 10.3. The van der Waals surface area contributed by atoms with Crippen molar-refractivity contribution in [3.8, 4) is 0 Å². The van der Waals surface area contributed by atoms with Gasteiger partial charge in [0.1, 0.15) is 10.8 Å². The van der Waals surface area contributed by atoms with E-state index in [1.165, 1.54) is 11.1 Å². The maximum atomic E-state index is 12.8. The summed E-state index contributed by atoms with van der Waals surface area (Å²) in [5, 5.41) is 1.65. The molecule has 1 aromatic carbocycles. The Morgan fingerprint density at radius 3 is 2.72 bits per heavy atom. The lowest BCUT2D eigenvalue weighted by molar-refractivity contribution is 0.0724. The number of hydrogen-bond donors (Lipinski definition) is 0. The largest absolute Gasteiger partial charge is 0.346 e. The summed E-state index contributed by atoms with van der Waals surface area (Å²) in [6, 6.07) is 10.2. The predicted octanol–water partition coefficient (Wildman–Crippen LogP) is 5.31. The number of amides is 1. The van der Waals surface area contributed by atoms with Crippen LogP contribution in [0.2, 0.25) is 5.02 Å². The van der Waals surface area contributed by atoms with Crippen molar-refractivity contribution in [3.05, 3.63) is 52.1 Å². The molecular formula is C22H23ClN4OS. The van der Waals surface area contributed by atoms with E-state index in [9.17, 15) is 4.79 Å². The Hall–Kier alpha value is -2.18. The Bertz CT molecular complexity index is 1010. The summed E-state index contributed by atoms with van der Waals surface area (Å²) in [5.74, 6) is 0.790. The fourth-order valence-corrected chi connectivity index (χ4v) is 5.74. The zero-order chi connectivity index (χ0) is 19.8. The molecule has 4 heterocycles. The molecule has 150 valence electrons. The smallest absolute Gasteiger partial charge is 0.255 e. The molecule has 1 unspecified atom stereocenters. The van der Waals surface area contributed by atoms with Crippen molar-refractivity contribution >= 4 is 44.9 Å². The number of halogens is 1. The number of benzene rings is 1. The minimum absolute atomic E-state index is 0.0368. The van der Waals surface area contributed by atoms with Gasteiger partial charge in [-0.25, -0.2) is 9.97 Å². The van der Waals surface area contributed by atoms with Crippen LogP contribution < -0.4 is 4.90 Å². The van der Waals surface area contributed by atoms with Gasteiger partial charge in [-0.3, -0.25) is 4.79 Å². The van der Waals surface area contributed by atoms with Gasteiger partial charge in [-0.1, -0.05) is 23.7 Å². The summed E-state index contributed by atoms with van der Waals surface area (Å²) < 4.78 is 1.20. The first kappa shape index (κ1) is 18.8. The van der Waals surface area contributed by atoms with E-state index in [2.05, 4.69) is 22.0 Å². The molecule has 5 nitrogen and oxygen atoms in total. The normalized spacial score (nSPS) is 19.8. The van der Waals surface area contributed by atoms with E-state index in [0.717, 1.165) is 61.7 Å². The number of aromatic nitrogens is 2. The van der Waals surface area contributed by atoms with Crippen LogP contribution in [0.5, 0.6) is 0 Å². The molecule has 2 aliphatic heterocycles. The number of hydrogen-bond acceptors (Lipinski definition) is 5. The van der Waals surface area contributed by atoms with Crippen molar-refractivity contribution in [1.82, 2.24) is 14.9 Å². The maximum Gasteiger partial charge on any atom is 0.255 e. The number of carbonyl (C=O) groups is 1. The molecule has 1 amide bonds. The third-order valence-corrected chi connectivity index (χ3v) is 7.25. The predicted molar refractivity (Wildman–Crippen MR) is 118 cm³/mol. The van der Waals surface area contributed by atoms with Gasteiger partial charge in [-0.15, -0.1) is 11.3 Å². The molecule has 0 spiro atoms. The molecule has 5 rings (SSSR count). The molecule has 0 radical (unpaired) electrons. The number of thiazole rings is 1. The third kappa shape index (κ3) is 3.60. The van der Waals surface area contributed by atoms with E-state index < -0.39 is 0 Å². The van der Waals surface area contributed by atoms with Crippen molar-refractivity contribution in [3.63, 3.8) is 0 Å². The second-order valence-electron chi connectivity index (χ2n) is 7.75. The fourth-order valence-electron chi connectivity index (χ4n) is 4.35. The quantitative estimate of drug-likeness (QED) is 0.569. The van der Waals surface area contributed by atoms with E-state index in [1.807, 2.05) is 17.0 Å². The van der Waals surface area contributed by atoms with Gasteiger partial charge < -0.3 is 9.80 Å². The molecule has 2 saturated heterocycles. The highest BCUT2D eigenvalue weighted by Gasteiger charge is 2.31. The Morgan fingerprint density at radius 1 is 1.10 bits per heavy atom. The molecule has 0 N–H and O–H groups in total. The van der Waals surface area contributed by atoms with Gasteiger partial charge >= 0.3 is 0 Å². The van der Waals surface area contributed by atoms with Crippen LogP contribution in [0, 0.1) is 0 Å². The van der Waals surface area contributed by atoms with Gasteiger partial charge in [-0.05, 0) is 50.3 Å². The first-order chi connectivity index (χ1) is 14.2. The number of anilines is 1. The number of para-hydroxylation sites is 1. The van der Waals surface area contributed by atoms with E-state index in [-0.39, 0.29) is 11.9 Å². The molecule has 2 aliphatic rings. The lowest BCUT2D eigenvalue weighted by Gasteiger charge is -2.28. The van der Waals surface area contributed by atoms with Crippen LogP contribution in [0.25, 0.3) is 10.2 Å². The number of carbonyl (C=O) groups excluding carboxylic acids is 1. The average Bonchev–Trinajstić information content (AvgIpc) is 3.40. The molecule has 2 fully saturated rings. The number of fused-ring (bicyclic) bond motifs is 1. The standard InChI is InChI=1S/C22H23ClN4OS/c23-16-13-15(22(28)26-10-4-1-5-11-26)14-24-20(16)27-12-6-8-18(27)21-25-17-7-2-3-9-19(17)29-21/h2-3,7,9,13-14,18H,1,4-6,8,10-12H2. The van der Waals surface area contributed by atoms with Gasteiger partial charge in [0.05, 0.1) is 26.8 Å². The van der Waals surface area contributed by atoms with Crippen LogP contribution in [0.4, 0.5) is 5.82 Å². The SMILES string of the molecule is O=C(c1cnc(N2CCCC2c2nc3ccccc3s2)c(Cl)c1)N1CCCCC1. The summed E-state index contributed by atoms with van der Waals surface area (Å²) >= 11 is 8.37. The second kappa shape index (κ2) is 7.92. The number of rotatable bonds is 3. The zero-order valence-electron chi connectivity index (χ0n) is 16.2. The van der Waals surface area contributed by atoms with E-state index in [4.69, 9.17) is 16.6 Å². The minimum Gasteiger partial charge on any atom is -0.346 e. The summed E-state index contributed by atoms with van der Waals surface area (Å²) in [6.07, 6.45) is 7.14. The van der Waals surface area contributed by atoms with Crippen molar-refractivity contribution < 1.29 is 4.79 Å². The van der Waals surface area contributed by atoms with E-state index >= 15 is 0 Å². The van der Waals surface area contributed by atoms with E-state index in [0.29, 0.717) is 10.6 Å². The maximum absolute atomic E-state index is 12.8. The van der Waals surface area contributed by atoms with Crippen LogP contribution >= 0.6 is 22.9 Å². The molecule has 29 heavy (non-hydrogen) atoms. The molecule has 0 aliphatic carbocycles. The van der Waals surface area contributed by atoms with Crippen molar-refractivity contribution in [2.75, 3.05) is 24.5 Å². The fraction of sp³-hybridized carbons (Fsp3) is 0.409. The summed E-state index contributed by atoms with van der Waals surface area (Å²) in [5.41, 5.74) is 1.62. The van der Waals surface area contributed by atoms with Gasteiger partial charge in [-0.2, -0.15) is 0 Å². The summed E-state index contributed by atoms with van der Waals surface area (Å²) in [6.45, 7) is 2.54. The molecule has 3 aromatic rings.